The topological polar surface area (TPSA) is 125 Å². The van der Waals surface area contributed by atoms with Gasteiger partial charge in [0.1, 0.15) is 11.9 Å². The zero-order valence-electron chi connectivity index (χ0n) is 20.3. The normalized spacial score (nSPS) is 15.2. The van der Waals surface area contributed by atoms with Gasteiger partial charge in [-0.1, -0.05) is 13.8 Å². The van der Waals surface area contributed by atoms with Crippen LogP contribution in [0, 0.1) is 17.2 Å². The Morgan fingerprint density at radius 3 is 2.69 bits per heavy atom. The van der Waals surface area contributed by atoms with Crippen LogP contribution in [0.5, 0.6) is 0 Å². The van der Waals surface area contributed by atoms with Gasteiger partial charge in [-0.25, -0.2) is 9.50 Å². The maximum absolute atomic E-state index is 12.0. The first-order valence-corrected chi connectivity index (χ1v) is 11.7. The highest BCUT2D eigenvalue weighted by molar-refractivity contribution is 6.10. The van der Waals surface area contributed by atoms with Crippen molar-refractivity contribution < 1.29 is 4.79 Å². The van der Waals surface area contributed by atoms with Crippen LogP contribution in [-0.2, 0) is 4.79 Å². The molecule has 0 spiro atoms. The molecule has 4 rings (SSSR count). The number of anilines is 1. The minimum absolute atomic E-state index is 0.00442. The van der Waals surface area contributed by atoms with E-state index < -0.39 is 0 Å². The quantitative estimate of drug-likeness (QED) is 0.534. The first-order chi connectivity index (χ1) is 16.9. The molecule has 1 saturated heterocycles. The van der Waals surface area contributed by atoms with Crippen LogP contribution in [0.4, 0.5) is 5.82 Å². The highest BCUT2D eigenvalue weighted by atomic mass is 16.1. The molecule has 1 aliphatic rings. The third-order valence-electron chi connectivity index (χ3n) is 6.26. The number of pyridine rings is 2. The molecular weight excluding hydrogens is 440 g/mol. The summed E-state index contributed by atoms with van der Waals surface area (Å²) in [6, 6.07) is 8.44. The largest absolute Gasteiger partial charge is 0.404 e. The lowest BCUT2D eigenvalue weighted by molar-refractivity contribution is -0.124. The van der Waals surface area contributed by atoms with Crippen molar-refractivity contribution >= 4 is 29.0 Å². The van der Waals surface area contributed by atoms with E-state index in [0.29, 0.717) is 5.56 Å². The number of rotatable bonds is 6. The number of aliphatic imine (C=N–C) groups is 1. The molecule has 9 nitrogen and oxygen atoms in total. The van der Waals surface area contributed by atoms with Gasteiger partial charge in [-0.15, -0.1) is 0 Å². The number of carbonyl (C=O) groups excluding carboxylic acids is 1. The summed E-state index contributed by atoms with van der Waals surface area (Å²) in [5, 5.41) is 17.1. The van der Waals surface area contributed by atoms with Crippen LogP contribution >= 0.6 is 0 Å². The van der Waals surface area contributed by atoms with E-state index in [1.165, 1.54) is 6.20 Å². The second-order valence-electron chi connectivity index (χ2n) is 8.94. The molecule has 35 heavy (non-hydrogen) atoms. The molecule has 3 N–H and O–H groups in total. The molecule has 4 heterocycles. The Labute approximate surface area is 205 Å². The van der Waals surface area contributed by atoms with Crippen molar-refractivity contribution in [2.45, 2.75) is 32.7 Å². The molecule has 1 aliphatic heterocycles. The van der Waals surface area contributed by atoms with Gasteiger partial charge in [0.15, 0.2) is 0 Å². The van der Waals surface area contributed by atoms with E-state index in [1.54, 1.807) is 24.0 Å². The summed E-state index contributed by atoms with van der Waals surface area (Å²) >= 11 is 0. The summed E-state index contributed by atoms with van der Waals surface area (Å²) in [6.07, 6.45) is 10.2. The number of fused-ring (bicyclic) bond motifs is 1. The fourth-order valence-electron chi connectivity index (χ4n) is 4.29. The van der Waals surface area contributed by atoms with Crippen molar-refractivity contribution in [3.63, 3.8) is 0 Å². The Kier molecular flexibility index (Phi) is 7.11. The van der Waals surface area contributed by atoms with E-state index in [-0.39, 0.29) is 17.9 Å². The van der Waals surface area contributed by atoms with Crippen LogP contribution in [0.15, 0.2) is 48.0 Å². The van der Waals surface area contributed by atoms with E-state index in [4.69, 9.17) is 10.7 Å². The van der Waals surface area contributed by atoms with Gasteiger partial charge in [0.2, 0.25) is 5.91 Å². The highest BCUT2D eigenvalue weighted by Gasteiger charge is 2.22. The van der Waals surface area contributed by atoms with Gasteiger partial charge in [-0.3, -0.25) is 9.79 Å². The molecule has 1 fully saturated rings. The SMILES string of the molecule is CN=CC(=CN)c1cc(-c2ccc(N3CCC(NC(=O)C(C)C)CC3)nc2)c2c(C#N)cnn2c1. The van der Waals surface area contributed by atoms with E-state index >= 15 is 0 Å². The van der Waals surface area contributed by atoms with Gasteiger partial charge < -0.3 is 16.0 Å². The molecule has 1 amide bonds. The Bertz CT molecular complexity index is 1310. The third-order valence-corrected chi connectivity index (χ3v) is 6.26. The van der Waals surface area contributed by atoms with E-state index in [9.17, 15) is 10.1 Å². The van der Waals surface area contributed by atoms with Crippen LogP contribution in [0.25, 0.3) is 22.2 Å². The maximum Gasteiger partial charge on any atom is 0.222 e. The number of piperidine rings is 1. The molecule has 0 saturated carbocycles. The van der Waals surface area contributed by atoms with Crippen LogP contribution in [-0.4, -0.2) is 52.9 Å². The first kappa shape index (κ1) is 24.0. The molecule has 0 atom stereocenters. The first-order valence-electron chi connectivity index (χ1n) is 11.7. The second kappa shape index (κ2) is 10.4. The Hall–Kier alpha value is -4.19. The number of nitrogens with one attached hydrogen (secondary N) is 1. The molecular formula is C26H30N8O. The zero-order chi connectivity index (χ0) is 24.9. The molecule has 0 aliphatic carbocycles. The minimum Gasteiger partial charge on any atom is -0.404 e. The Morgan fingerprint density at radius 2 is 2.09 bits per heavy atom. The van der Waals surface area contributed by atoms with Crippen LogP contribution in [0.1, 0.15) is 37.8 Å². The molecule has 0 unspecified atom stereocenters. The summed E-state index contributed by atoms with van der Waals surface area (Å²) in [4.78, 5) is 23.0. The summed E-state index contributed by atoms with van der Waals surface area (Å²) in [6.45, 7) is 5.48. The van der Waals surface area contributed by atoms with Crippen LogP contribution < -0.4 is 16.0 Å². The van der Waals surface area contributed by atoms with Gasteiger partial charge in [0.05, 0.1) is 17.3 Å². The number of amides is 1. The molecule has 180 valence electrons. The monoisotopic (exact) mass is 470 g/mol. The third kappa shape index (κ3) is 5.01. The van der Waals surface area contributed by atoms with Crippen LogP contribution in [0.3, 0.4) is 0 Å². The van der Waals surface area contributed by atoms with Gasteiger partial charge in [0, 0.05) is 79.2 Å². The Morgan fingerprint density at radius 1 is 1.31 bits per heavy atom. The van der Waals surface area contributed by atoms with Gasteiger partial charge in [-0.05, 0) is 31.0 Å². The fraction of sp³-hybridized carbons (Fsp3) is 0.346. The summed E-state index contributed by atoms with van der Waals surface area (Å²) in [5.41, 5.74) is 10.3. The molecule has 0 aromatic carbocycles. The second-order valence-corrected chi connectivity index (χ2v) is 8.94. The summed E-state index contributed by atoms with van der Waals surface area (Å²) in [7, 11) is 1.69. The number of hydrogen-bond acceptors (Lipinski definition) is 7. The van der Waals surface area contributed by atoms with E-state index in [2.05, 4.69) is 26.4 Å². The average Bonchev–Trinajstić information content (AvgIpc) is 3.30. The number of aromatic nitrogens is 3. The van der Waals surface area contributed by atoms with Crippen molar-refractivity contribution in [1.29, 1.82) is 5.26 Å². The number of allylic oxidation sites excluding steroid dienone is 1. The average molecular weight is 471 g/mol. The number of carbonyl (C=O) groups is 1. The maximum atomic E-state index is 12.0. The summed E-state index contributed by atoms with van der Waals surface area (Å²) in [5.74, 6) is 0.994. The predicted octanol–water partition coefficient (Wildman–Crippen LogP) is 3.01. The van der Waals surface area contributed by atoms with Crippen molar-refractivity contribution in [1.82, 2.24) is 19.9 Å². The van der Waals surface area contributed by atoms with Gasteiger partial charge in [0.25, 0.3) is 0 Å². The van der Waals surface area contributed by atoms with Crippen molar-refractivity contribution in [2.24, 2.45) is 16.6 Å². The summed E-state index contributed by atoms with van der Waals surface area (Å²) < 4.78 is 1.69. The fourth-order valence-corrected chi connectivity index (χ4v) is 4.29. The van der Waals surface area contributed by atoms with E-state index in [1.807, 2.05) is 44.4 Å². The number of nitrogens with two attached hydrogens (primary N) is 1. The van der Waals surface area contributed by atoms with Gasteiger partial charge >= 0.3 is 0 Å². The lowest BCUT2D eigenvalue weighted by Gasteiger charge is -2.33. The van der Waals surface area contributed by atoms with Crippen LogP contribution in [0.2, 0.25) is 0 Å². The minimum atomic E-state index is -0.00442. The molecule has 9 heteroatoms. The van der Waals surface area contributed by atoms with Crippen molar-refractivity contribution in [2.75, 3.05) is 25.0 Å². The van der Waals surface area contributed by atoms with E-state index in [0.717, 1.165) is 59.5 Å². The zero-order valence-corrected chi connectivity index (χ0v) is 20.3. The van der Waals surface area contributed by atoms with Gasteiger partial charge in [-0.2, -0.15) is 10.4 Å². The molecule has 0 bridgehead atoms. The predicted molar refractivity (Wildman–Crippen MR) is 138 cm³/mol. The number of hydrogen-bond donors (Lipinski definition) is 2. The number of nitriles is 1. The molecule has 3 aromatic rings. The number of nitrogens with zero attached hydrogens (tertiary/aromatic N) is 6. The van der Waals surface area contributed by atoms with Crippen molar-refractivity contribution in [3.05, 3.63) is 54.1 Å². The lowest BCUT2D eigenvalue weighted by Crippen LogP contribution is -2.46. The highest BCUT2D eigenvalue weighted by Crippen LogP contribution is 2.31. The molecule has 3 aromatic heterocycles. The smallest absolute Gasteiger partial charge is 0.222 e. The lowest BCUT2D eigenvalue weighted by atomic mass is 10.0. The Balaban J connectivity index is 1.60. The standard InChI is InChI=1S/C26H30N8O/c1-17(2)26(35)32-22-6-8-33(9-7-22)24-5-4-18(14-30-24)23-10-19(20(11-27)13-29-3)16-34-25(23)21(12-28)15-31-34/h4-5,10-11,13-17,22H,6-9,27H2,1-3H3,(H,32,35). The van der Waals surface area contributed by atoms with Crippen molar-refractivity contribution in [3.8, 4) is 17.2 Å². The molecule has 0 radical (unpaired) electrons.